The Bertz CT molecular complexity index is 794. The van der Waals surface area contributed by atoms with Gasteiger partial charge in [0.05, 0.1) is 6.33 Å². The molecule has 2 fully saturated rings. The fourth-order valence-corrected chi connectivity index (χ4v) is 3.19. The Hall–Kier alpha value is -1.81. The Labute approximate surface area is 135 Å². The first-order valence-electron chi connectivity index (χ1n) is 6.94. The van der Waals surface area contributed by atoms with Crippen molar-refractivity contribution >= 4 is 28.7 Å². The predicted octanol–water partition coefficient (Wildman–Crippen LogP) is 0.982. The first-order chi connectivity index (χ1) is 10.9. The highest BCUT2D eigenvalue weighted by atomic mass is 35.5. The number of carboxylic acid groups (broad SMARTS) is 1. The van der Waals surface area contributed by atoms with Crippen molar-refractivity contribution < 1.29 is 24.1 Å². The van der Waals surface area contributed by atoms with Crippen LogP contribution in [0.15, 0.2) is 12.7 Å². The van der Waals surface area contributed by atoms with Crippen molar-refractivity contribution in [3.05, 3.63) is 17.8 Å². The van der Waals surface area contributed by atoms with Crippen LogP contribution in [0.5, 0.6) is 0 Å². The van der Waals surface area contributed by atoms with E-state index in [1.54, 1.807) is 18.4 Å². The van der Waals surface area contributed by atoms with E-state index in [0.29, 0.717) is 11.2 Å². The molecule has 0 bridgehead atoms. The predicted molar refractivity (Wildman–Crippen MR) is 75.7 cm³/mol. The number of hydrogen-bond donors (Lipinski definition) is 1. The Morgan fingerprint density at radius 2 is 2.04 bits per heavy atom. The number of aliphatic carboxylic acids is 1. The van der Waals surface area contributed by atoms with E-state index in [2.05, 4.69) is 15.0 Å². The van der Waals surface area contributed by atoms with Crippen LogP contribution in [0, 0.1) is 0 Å². The normalized spacial score (nSPS) is 32.3. The molecule has 0 aromatic carbocycles. The highest BCUT2D eigenvalue weighted by Gasteiger charge is 2.58. The van der Waals surface area contributed by atoms with Crippen molar-refractivity contribution in [2.75, 3.05) is 0 Å². The van der Waals surface area contributed by atoms with Gasteiger partial charge in [-0.2, -0.15) is 0 Å². The number of carboxylic acids is 1. The summed E-state index contributed by atoms with van der Waals surface area (Å²) in [4.78, 5) is 23.6. The SMILES string of the molecule is CC1(C)OC2[C@@H](O1)[C@@H](C(=O)O)O[C@H]2n1cnc2c(Cl)ncnc21. The van der Waals surface area contributed by atoms with Crippen LogP contribution in [0.2, 0.25) is 5.15 Å². The second-order valence-electron chi connectivity index (χ2n) is 5.84. The van der Waals surface area contributed by atoms with Gasteiger partial charge in [-0.1, -0.05) is 11.6 Å². The molecule has 23 heavy (non-hydrogen) atoms. The number of rotatable bonds is 2. The fourth-order valence-electron chi connectivity index (χ4n) is 3.01. The molecule has 4 rings (SSSR count). The number of halogens is 1. The molecular weight excluding hydrogens is 328 g/mol. The third-order valence-corrected chi connectivity index (χ3v) is 4.14. The molecule has 0 spiro atoms. The number of hydrogen-bond acceptors (Lipinski definition) is 7. The van der Waals surface area contributed by atoms with E-state index in [-0.39, 0.29) is 5.15 Å². The van der Waals surface area contributed by atoms with Crippen LogP contribution >= 0.6 is 11.6 Å². The molecule has 1 N–H and O–H groups in total. The molecule has 2 aromatic rings. The topological polar surface area (TPSA) is 109 Å². The van der Waals surface area contributed by atoms with Crippen LogP contribution in [-0.2, 0) is 19.0 Å². The monoisotopic (exact) mass is 340 g/mol. The summed E-state index contributed by atoms with van der Waals surface area (Å²) in [7, 11) is 0. The fraction of sp³-hybridized carbons (Fsp3) is 0.538. The van der Waals surface area contributed by atoms with Crippen molar-refractivity contribution in [2.45, 2.75) is 44.2 Å². The molecule has 2 aliphatic rings. The van der Waals surface area contributed by atoms with Crippen LogP contribution in [0.4, 0.5) is 0 Å². The molecule has 2 aromatic heterocycles. The van der Waals surface area contributed by atoms with Crippen molar-refractivity contribution in [1.29, 1.82) is 0 Å². The third-order valence-electron chi connectivity index (χ3n) is 3.86. The minimum atomic E-state index is -1.14. The van der Waals surface area contributed by atoms with Gasteiger partial charge in [0.1, 0.15) is 24.1 Å². The second-order valence-corrected chi connectivity index (χ2v) is 6.20. The molecule has 0 saturated carbocycles. The van der Waals surface area contributed by atoms with Gasteiger partial charge < -0.3 is 19.3 Å². The van der Waals surface area contributed by atoms with Gasteiger partial charge >= 0.3 is 5.97 Å². The zero-order chi connectivity index (χ0) is 16.4. The quantitative estimate of drug-likeness (QED) is 0.806. The lowest BCUT2D eigenvalue weighted by molar-refractivity contribution is -0.202. The van der Waals surface area contributed by atoms with Gasteiger partial charge in [0.25, 0.3) is 0 Å². The van der Waals surface area contributed by atoms with Gasteiger partial charge in [-0.15, -0.1) is 0 Å². The van der Waals surface area contributed by atoms with Crippen molar-refractivity contribution in [1.82, 2.24) is 19.5 Å². The Morgan fingerprint density at radius 3 is 2.78 bits per heavy atom. The summed E-state index contributed by atoms with van der Waals surface area (Å²) in [5.41, 5.74) is 0.847. The summed E-state index contributed by atoms with van der Waals surface area (Å²) in [5, 5.41) is 9.58. The van der Waals surface area contributed by atoms with Gasteiger partial charge in [0, 0.05) is 0 Å². The van der Waals surface area contributed by atoms with E-state index < -0.39 is 36.3 Å². The van der Waals surface area contributed by atoms with Gasteiger partial charge in [-0.05, 0) is 13.8 Å². The second kappa shape index (κ2) is 4.84. The Balaban J connectivity index is 1.78. The number of fused-ring (bicyclic) bond motifs is 2. The van der Waals surface area contributed by atoms with Gasteiger partial charge in [-0.25, -0.2) is 19.7 Å². The van der Waals surface area contributed by atoms with Crippen LogP contribution < -0.4 is 0 Å². The standard InChI is InChI=1S/C13H13ClN4O5/c1-13(2)22-6-7(23-13)11(21-8(6)12(19)20)18-4-17-5-9(14)15-3-16-10(5)18/h3-4,6-8,11H,1-2H3,(H,19,20)/t6-,7?,8+,11-/m1/s1. The highest BCUT2D eigenvalue weighted by molar-refractivity contribution is 6.33. The third kappa shape index (κ3) is 2.19. The van der Waals surface area contributed by atoms with Crippen LogP contribution in [0.3, 0.4) is 0 Å². The Morgan fingerprint density at radius 1 is 1.30 bits per heavy atom. The van der Waals surface area contributed by atoms with E-state index in [0.717, 1.165) is 0 Å². The van der Waals surface area contributed by atoms with E-state index >= 15 is 0 Å². The molecule has 2 aliphatic heterocycles. The van der Waals surface area contributed by atoms with E-state index in [1.165, 1.54) is 12.7 Å². The van der Waals surface area contributed by atoms with Crippen LogP contribution in [0.25, 0.3) is 11.2 Å². The summed E-state index contributed by atoms with van der Waals surface area (Å²) in [6, 6.07) is 0. The molecule has 9 nitrogen and oxygen atoms in total. The molecule has 1 unspecified atom stereocenters. The van der Waals surface area contributed by atoms with Crippen LogP contribution in [-0.4, -0.2) is 54.7 Å². The van der Waals surface area contributed by atoms with Gasteiger partial charge in [0.15, 0.2) is 28.9 Å². The minimum absolute atomic E-state index is 0.210. The maximum absolute atomic E-state index is 11.5. The lowest BCUT2D eigenvalue weighted by Crippen LogP contribution is -2.35. The Kier molecular flexibility index (Phi) is 3.11. The zero-order valence-corrected chi connectivity index (χ0v) is 13.0. The van der Waals surface area contributed by atoms with Crippen molar-refractivity contribution in [3.63, 3.8) is 0 Å². The largest absolute Gasteiger partial charge is 0.479 e. The summed E-state index contributed by atoms with van der Waals surface area (Å²) in [6.07, 6.45) is -0.411. The average Bonchev–Trinajstić information content (AvgIpc) is 3.09. The summed E-state index contributed by atoms with van der Waals surface area (Å²) < 4.78 is 18.8. The van der Waals surface area contributed by atoms with E-state index in [4.69, 9.17) is 25.8 Å². The van der Waals surface area contributed by atoms with E-state index in [1.807, 2.05) is 0 Å². The molecular formula is C13H13ClN4O5. The number of imidazole rings is 1. The molecule has 0 aliphatic carbocycles. The van der Waals surface area contributed by atoms with Gasteiger partial charge in [0.2, 0.25) is 0 Å². The maximum Gasteiger partial charge on any atom is 0.335 e. The maximum atomic E-state index is 11.5. The van der Waals surface area contributed by atoms with Crippen molar-refractivity contribution in [2.24, 2.45) is 0 Å². The molecule has 122 valence electrons. The lowest BCUT2D eigenvalue weighted by Gasteiger charge is -2.23. The number of aromatic nitrogens is 4. The molecule has 4 atom stereocenters. The van der Waals surface area contributed by atoms with Crippen molar-refractivity contribution in [3.8, 4) is 0 Å². The number of nitrogens with zero attached hydrogens (tertiary/aromatic N) is 4. The number of carbonyl (C=O) groups is 1. The summed E-state index contributed by atoms with van der Waals surface area (Å²) in [5.74, 6) is -2.01. The highest BCUT2D eigenvalue weighted by Crippen LogP contribution is 2.43. The van der Waals surface area contributed by atoms with E-state index in [9.17, 15) is 9.90 Å². The summed E-state index contributed by atoms with van der Waals surface area (Å²) in [6.45, 7) is 3.46. The average molecular weight is 341 g/mol. The molecule has 0 amide bonds. The first kappa shape index (κ1) is 14.8. The zero-order valence-electron chi connectivity index (χ0n) is 12.2. The lowest BCUT2D eigenvalue weighted by atomic mass is 10.1. The van der Waals surface area contributed by atoms with Gasteiger partial charge in [-0.3, -0.25) is 4.57 Å². The van der Waals surface area contributed by atoms with Crippen LogP contribution in [0.1, 0.15) is 20.1 Å². The first-order valence-corrected chi connectivity index (χ1v) is 7.32. The molecule has 0 radical (unpaired) electrons. The molecule has 10 heteroatoms. The molecule has 4 heterocycles. The molecule has 2 saturated heterocycles. The smallest absolute Gasteiger partial charge is 0.335 e. The summed E-state index contributed by atoms with van der Waals surface area (Å²) >= 11 is 5.99. The minimum Gasteiger partial charge on any atom is -0.479 e. The number of ether oxygens (including phenoxy) is 3.